The molecule has 0 aliphatic carbocycles. The average molecular weight is 632 g/mol. The molecule has 0 rings (SSSR count). The second-order valence-corrected chi connectivity index (χ2v) is 0.167. The third-order valence-electron chi connectivity index (χ3n) is 0. The normalized spacial score (nSPS) is 1.71. The SMILES string of the molecule is N=CN.[I-].[I-].[I-].[Pb]. The maximum atomic E-state index is 5.86. The average Bonchev–Trinajstić information content (AvgIpc) is 0.918. The Morgan fingerprint density at radius 1 is 1.14 bits per heavy atom. The van der Waals surface area contributed by atoms with Gasteiger partial charge in [0.05, 0.1) is 6.34 Å². The molecule has 0 aromatic heterocycles. The van der Waals surface area contributed by atoms with Gasteiger partial charge >= 0.3 is 0 Å². The molecule has 4 radical (unpaired) electrons. The molecule has 0 unspecified atom stereocenters. The Morgan fingerprint density at radius 2 is 1.14 bits per heavy atom. The maximum Gasteiger partial charge on any atom is 0.0765 e. The van der Waals surface area contributed by atoms with E-state index < -0.39 is 0 Å². The predicted molar refractivity (Wildman–Crippen MR) is 18.7 cm³/mol. The topological polar surface area (TPSA) is 49.9 Å². The molecule has 0 fully saturated rings. The summed E-state index contributed by atoms with van der Waals surface area (Å²) in [6.07, 6.45) is 0.750. The number of rotatable bonds is 0. The summed E-state index contributed by atoms with van der Waals surface area (Å²) in [6, 6.07) is 0. The Labute approximate surface area is 114 Å². The zero-order valence-electron chi connectivity index (χ0n) is 3.29. The van der Waals surface area contributed by atoms with Crippen LogP contribution in [0.25, 0.3) is 0 Å². The van der Waals surface area contributed by atoms with Crippen molar-refractivity contribution < 1.29 is 71.9 Å². The molecule has 0 aromatic rings. The largest absolute Gasteiger partial charge is 1.00 e. The second-order valence-electron chi connectivity index (χ2n) is 0.167. The molecule has 3 N–H and O–H groups in total. The monoisotopic (exact) mass is 633 g/mol. The summed E-state index contributed by atoms with van der Waals surface area (Å²) in [6.45, 7) is 0. The van der Waals surface area contributed by atoms with E-state index in [4.69, 9.17) is 5.41 Å². The van der Waals surface area contributed by atoms with Crippen LogP contribution in [0, 0.1) is 5.41 Å². The first-order valence-corrected chi connectivity index (χ1v) is 0.622. The van der Waals surface area contributed by atoms with Crippen LogP contribution in [0.2, 0.25) is 0 Å². The molecular formula is CH4I3N2Pb-3. The summed E-state index contributed by atoms with van der Waals surface area (Å²) in [4.78, 5) is 0. The third kappa shape index (κ3) is 55.8. The van der Waals surface area contributed by atoms with Gasteiger partial charge in [-0.05, 0) is 0 Å². The Kier molecular flexibility index (Phi) is 185. The van der Waals surface area contributed by atoms with E-state index in [0.29, 0.717) is 0 Å². The van der Waals surface area contributed by atoms with Crippen molar-refractivity contribution in [3.05, 3.63) is 0 Å². The van der Waals surface area contributed by atoms with Crippen LogP contribution in [0.15, 0.2) is 0 Å². The van der Waals surface area contributed by atoms with Gasteiger partial charge in [0.2, 0.25) is 0 Å². The molecule has 0 heterocycles. The van der Waals surface area contributed by atoms with E-state index in [1.807, 2.05) is 0 Å². The minimum absolute atomic E-state index is 0. The molecule has 6 heteroatoms. The number of hydrogen-bond acceptors (Lipinski definition) is 1. The first-order valence-electron chi connectivity index (χ1n) is 0.622. The van der Waals surface area contributed by atoms with Gasteiger partial charge in [0, 0.05) is 27.3 Å². The second kappa shape index (κ2) is 38.5. The molecule has 7 heavy (non-hydrogen) atoms. The molecule has 0 amide bonds. The summed E-state index contributed by atoms with van der Waals surface area (Å²) in [5.74, 6) is 0. The predicted octanol–water partition coefficient (Wildman–Crippen LogP) is -9.82. The number of nitrogens with two attached hydrogens (primary N) is 1. The van der Waals surface area contributed by atoms with E-state index in [0.717, 1.165) is 6.34 Å². The molecule has 0 aromatic carbocycles. The fourth-order valence-electron chi connectivity index (χ4n) is 0. The Bertz CT molecular complexity index is 20.4. The van der Waals surface area contributed by atoms with Crippen molar-refractivity contribution in [1.29, 1.82) is 5.41 Å². The van der Waals surface area contributed by atoms with Crippen LogP contribution in [0.1, 0.15) is 0 Å². The van der Waals surface area contributed by atoms with Gasteiger partial charge in [-0.25, -0.2) is 0 Å². The maximum absolute atomic E-state index is 5.86. The summed E-state index contributed by atoms with van der Waals surface area (Å²) in [5.41, 5.74) is 4.39. The van der Waals surface area contributed by atoms with Crippen LogP contribution in [-0.4, -0.2) is 33.6 Å². The van der Waals surface area contributed by atoms with Crippen LogP contribution in [0.5, 0.6) is 0 Å². The molecule has 0 atom stereocenters. The molecule has 0 saturated heterocycles. The molecular weight excluding hydrogens is 628 g/mol. The van der Waals surface area contributed by atoms with Crippen LogP contribution in [-0.2, 0) is 0 Å². The van der Waals surface area contributed by atoms with Crippen molar-refractivity contribution in [3.63, 3.8) is 0 Å². The van der Waals surface area contributed by atoms with Crippen molar-refractivity contribution in [1.82, 2.24) is 0 Å². The van der Waals surface area contributed by atoms with Crippen molar-refractivity contribution in [2.45, 2.75) is 0 Å². The summed E-state index contributed by atoms with van der Waals surface area (Å²) < 4.78 is 0. The quantitative estimate of drug-likeness (QED) is 0.119. The fourth-order valence-corrected chi connectivity index (χ4v) is 0. The number of nitrogens with one attached hydrogen (secondary N) is 1. The Balaban J connectivity index is -0.00000000333. The zero-order chi connectivity index (χ0) is 2.71. The first kappa shape index (κ1) is 33.6. The van der Waals surface area contributed by atoms with E-state index in [9.17, 15) is 0 Å². The molecule has 46 valence electrons. The number of hydrogen-bond donors (Lipinski definition) is 2. The van der Waals surface area contributed by atoms with Gasteiger partial charge in [0.1, 0.15) is 0 Å². The van der Waals surface area contributed by atoms with Gasteiger partial charge in [-0.1, -0.05) is 0 Å². The van der Waals surface area contributed by atoms with E-state index >= 15 is 0 Å². The van der Waals surface area contributed by atoms with Crippen LogP contribution in [0.4, 0.5) is 0 Å². The van der Waals surface area contributed by atoms with Gasteiger partial charge in [-0.3, -0.25) is 5.41 Å². The molecule has 0 saturated carbocycles. The minimum Gasteiger partial charge on any atom is -1.00 e. The van der Waals surface area contributed by atoms with Gasteiger partial charge in [0.25, 0.3) is 0 Å². The number of halogens is 3. The fraction of sp³-hybridized carbons (Fsp3) is 0. The Hall–Kier alpha value is 2.58. The molecule has 0 spiro atoms. The van der Waals surface area contributed by atoms with Gasteiger partial charge in [0.15, 0.2) is 0 Å². The molecule has 2 nitrogen and oxygen atoms in total. The molecule has 0 bridgehead atoms. The van der Waals surface area contributed by atoms with E-state index in [-0.39, 0.29) is 99.2 Å². The van der Waals surface area contributed by atoms with Gasteiger partial charge in [-0.2, -0.15) is 0 Å². The van der Waals surface area contributed by atoms with Gasteiger partial charge in [-0.15, -0.1) is 0 Å². The third-order valence-corrected chi connectivity index (χ3v) is 0. The summed E-state index contributed by atoms with van der Waals surface area (Å²) in [5, 5.41) is 5.86. The summed E-state index contributed by atoms with van der Waals surface area (Å²) in [7, 11) is 0. The minimum atomic E-state index is 0. The first-order chi connectivity index (χ1) is 1.41. The van der Waals surface area contributed by atoms with Crippen molar-refractivity contribution in [2.75, 3.05) is 0 Å². The van der Waals surface area contributed by atoms with Crippen LogP contribution < -0.4 is 77.7 Å². The molecule has 0 aliphatic heterocycles. The Morgan fingerprint density at radius 3 is 1.14 bits per heavy atom. The van der Waals surface area contributed by atoms with Crippen LogP contribution in [0.3, 0.4) is 0 Å². The van der Waals surface area contributed by atoms with Crippen molar-refractivity contribution in [2.24, 2.45) is 5.73 Å². The van der Waals surface area contributed by atoms with Crippen molar-refractivity contribution >= 4 is 33.6 Å². The van der Waals surface area contributed by atoms with Gasteiger partial charge < -0.3 is 77.7 Å². The van der Waals surface area contributed by atoms with Crippen molar-refractivity contribution in [3.8, 4) is 0 Å². The molecule has 0 aliphatic rings. The zero-order valence-corrected chi connectivity index (χ0v) is 13.6. The van der Waals surface area contributed by atoms with Crippen LogP contribution >= 0.6 is 0 Å². The van der Waals surface area contributed by atoms with E-state index in [2.05, 4.69) is 5.73 Å². The summed E-state index contributed by atoms with van der Waals surface area (Å²) >= 11 is 0. The van der Waals surface area contributed by atoms with E-state index in [1.165, 1.54) is 0 Å². The smallest absolute Gasteiger partial charge is 0.0765 e. The van der Waals surface area contributed by atoms with E-state index in [1.54, 1.807) is 0 Å². The standard InChI is InChI=1S/CH4N2.3HI.Pb/c2-1-3;;;;/h1H,(H3,2,3);3*1H;/p-3.